The quantitative estimate of drug-likeness (QED) is 0.0493. The third-order valence-electron chi connectivity index (χ3n) is 11.1. The fraction of sp³-hybridized carbons (Fsp3) is 0.750. The summed E-state index contributed by atoms with van der Waals surface area (Å²) in [6, 6.07) is 13.5. The van der Waals surface area contributed by atoms with Gasteiger partial charge in [0.25, 0.3) is 20.2 Å². The van der Waals surface area contributed by atoms with Crippen molar-refractivity contribution in [2.24, 2.45) is 0 Å². The molecule has 0 bridgehead atoms. The summed E-state index contributed by atoms with van der Waals surface area (Å²) < 4.78 is 65.5. The maximum absolute atomic E-state index is 13.7. The first kappa shape index (κ1) is 50.4. The summed E-state index contributed by atoms with van der Waals surface area (Å²) in [5, 5.41) is 0. The molecule has 0 spiro atoms. The third kappa shape index (κ3) is 23.6. The van der Waals surface area contributed by atoms with Crippen LogP contribution in [0.2, 0.25) is 0 Å². The summed E-state index contributed by atoms with van der Waals surface area (Å²) in [6.45, 7) is 4.57. The highest BCUT2D eigenvalue weighted by atomic mass is 32.2. The van der Waals surface area contributed by atoms with Crippen LogP contribution < -0.4 is 0 Å². The van der Waals surface area contributed by atoms with Gasteiger partial charge in [-0.05, 0) is 24.5 Å². The van der Waals surface area contributed by atoms with E-state index in [1.165, 1.54) is 160 Å². The van der Waals surface area contributed by atoms with Gasteiger partial charge in [0.15, 0.2) is 0 Å². The molecule has 0 aliphatic carbocycles. The predicted octanol–water partition coefficient (Wildman–Crippen LogP) is 15.3. The van der Waals surface area contributed by atoms with Gasteiger partial charge in [0.05, 0.1) is 13.2 Å². The highest BCUT2D eigenvalue weighted by Crippen LogP contribution is 2.35. The van der Waals surface area contributed by atoms with Crippen molar-refractivity contribution in [3.63, 3.8) is 0 Å². The van der Waals surface area contributed by atoms with Crippen molar-refractivity contribution < 1.29 is 25.2 Å². The van der Waals surface area contributed by atoms with Crippen LogP contribution in [0.5, 0.6) is 0 Å². The fourth-order valence-corrected chi connectivity index (χ4v) is 10.5. The first-order chi connectivity index (χ1) is 27.3. The second-order valence-corrected chi connectivity index (χ2v) is 19.3. The van der Waals surface area contributed by atoms with Crippen molar-refractivity contribution in [3.8, 4) is 11.1 Å². The Morgan fingerprint density at radius 3 is 1.04 bits per heavy atom. The van der Waals surface area contributed by atoms with E-state index in [0.29, 0.717) is 24.0 Å². The molecule has 0 unspecified atom stereocenters. The zero-order chi connectivity index (χ0) is 40.4. The molecule has 0 saturated heterocycles. The monoisotopic (exact) mass is 819 g/mol. The maximum Gasteiger partial charge on any atom is 0.299 e. The van der Waals surface area contributed by atoms with Gasteiger partial charge in [-0.3, -0.25) is 8.37 Å². The molecule has 0 aliphatic rings. The van der Waals surface area contributed by atoms with Gasteiger partial charge >= 0.3 is 0 Å². The Labute approximate surface area is 346 Å². The number of hydrogen-bond acceptors (Lipinski definition) is 6. The SMILES string of the molecule is CCCCCCCCCCCCCCCCCCOS(=O)(=O)c1cccc(-c2ccccc2)c1S(=O)(=O)OCCCCCCCCCCCCCCCCCC. The molecule has 0 atom stereocenters. The highest BCUT2D eigenvalue weighted by molar-refractivity contribution is 7.90. The van der Waals surface area contributed by atoms with Crippen molar-refractivity contribution in [1.29, 1.82) is 0 Å². The molecule has 0 N–H and O–H groups in total. The Balaban J connectivity index is 1.72. The van der Waals surface area contributed by atoms with Crippen molar-refractivity contribution in [3.05, 3.63) is 48.5 Å². The number of benzene rings is 2. The summed E-state index contributed by atoms with van der Waals surface area (Å²) >= 11 is 0. The molecule has 0 aliphatic heterocycles. The molecule has 6 nitrogen and oxygen atoms in total. The lowest BCUT2D eigenvalue weighted by Crippen LogP contribution is -2.16. The van der Waals surface area contributed by atoms with E-state index in [1.807, 2.05) is 6.07 Å². The van der Waals surface area contributed by atoms with Crippen LogP contribution in [0.25, 0.3) is 11.1 Å². The molecule has 2 aromatic carbocycles. The summed E-state index contributed by atoms with van der Waals surface area (Å²) in [7, 11) is -8.74. The lowest BCUT2D eigenvalue weighted by molar-refractivity contribution is 0.298. The molecule has 0 aromatic heterocycles. The standard InChI is InChI=1S/C48H82O6S2/c1-3-5-7-9-11-13-15-17-19-21-23-25-27-29-31-36-43-53-55(49,50)47-42-38-41-46(45-39-34-33-35-40-45)48(47)56(51,52)54-44-37-32-30-28-26-24-22-20-18-16-14-12-10-8-6-4-2/h33-35,38-42H,3-32,36-37,43-44H2,1-2H3. The Kier molecular flexibility index (Phi) is 29.8. The molecule has 0 radical (unpaired) electrons. The van der Waals surface area contributed by atoms with Gasteiger partial charge in [-0.2, -0.15) is 16.8 Å². The summed E-state index contributed by atoms with van der Waals surface area (Å²) in [6.07, 6.45) is 39.4. The smallest absolute Gasteiger partial charge is 0.266 e. The lowest BCUT2D eigenvalue weighted by Gasteiger charge is -2.16. The molecule has 2 aromatic rings. The lowest BCUT2D eigenvalue weighted by atomic mass is 10.0. The molecule has 0 fully saturated rings. The maximum atomic E-state index is 13.7. The summed E-state index contributed by atoms with van der Waals surface area (Å²) in [4.78, 5) is -0.697. The van der Waals surface area contributed by atoms with Crippen LogP contribution in [0.4, 0.5) is 0 Å². The van der Waals surface area contributed by atoms with E-state index in [2.05, 4.69) is 13.8 Å². The van der Waals surface area contributed by atoms with E-state index in [1.54, 1.807) is 36.4 Å². The van der Waals surface area contributed by atoms with Crippen molar-refractivity contribution >= 4 is 20.2 Å². The van der Waals surface area contributed by atoms with E-state index in [0.717, 1.165) is 38.5 Å². The normalized spacial score (nSPS) is 12.1. The minimum atomic E-state index is -4.39. The minimum absolute atomic E-state index is 0.0173. The van der Waals surface area contributed by atoms with Gasteiger partial charge < -0.3 is 0 Å². The molecular weight excluding hydrogens is 737 g/mol. The molecule has 0 saturated carbocycles. The third-order valence-corrected chi connectivity index (χ3v) is 14.0. The van der Waals surface area contributed by atoms with E-state index in [4.69, 9.17) is 8.37 Å². The molecule has 0 amide bonds. The average molecular weight is 819 g/mol. The van der Waals surface area contributed by atoms with Crippen LogP contribution in [0.1, 0.15) is 219 Å². The second kappa shape index (κ2) is 33.1. The molecule has 322 valence electrons. The first-order valence-corrected chi connectivity index (χ1v) is 26.1. The largest absolute Gasteiger partial charge is 0.299 e. The number of unbranched alkanes of at least 4 members (excludes halogenated alkanes) is 30. The van der Waals surface area contributed by atoms with E-state index in [-0.39, 0.29) is 23.0 Å². The summed E-state index contributed by atoms with van der Waals surface area (Å²) in [5.74, 6) is 0. The minimum Gasteiger partial charge on any atom is -0.266 e. The van der Waals surface area contributed by atoms with Crippen LogP contribution in [-0.2, 0) is 28.6 Å². The van der Waals surface area contributed by atoms with Crippen LogP contribution in [0.15, 0.2) is 58.3 Å². The van der Waals surface area contributed by atoms with Gasteiger partial charge in [-0.25, -0.2) is 0 Å². The van der Waals surface area contributed by atoms with Gasteiger partial charge in [0.1, 0.15) is 9.79 Å². The Bertz CT molecular complexity index is 1420. The number of rotatable bonds is 39. The number of hydrogen-bond donors (Lipinski definition) is 0. The molecule has 0 heterocycles. The van der Waals surface area contributed by atoms with Gasteiger partial charge in [-0.15, -0.1) is 0 Å². The zero-order valence-electron chi connectivity index (χ0n) is 35.9. The average Bonchev–Trinajstić information content (AvgIpc) is 3.20. The first-order valence-electron chi connectivity index (χ1n) is 23.3. The molecule has 8 heteroatoms. The fourth-order valence-electron chi connectivity index (χ4n) is 7.58. The van der Waals surface area contributed by atoms with Gasteiger partial charge in [-0.1, -0.05) is 249 Å². The Morgan fingerprint density at radius 1 is 0.357 bits per heavy atom. The highest BCUT2D eigenvalue weighted by Gasteiger charge is 2.31. The van der Waals surface area contributed by atoms with Gasteiger partial charge in [0, 0.05) is 5.56 Å². The van der Waals surface area contributed by atoms with E-state index >= 15 is 0 Å². The van der Waals surface area contributed by atoms with E-state index < -0.39 is 20.2 Å². The van der Waals surface area contributed by atoms with E-state index in [9.17, 15) is 16.8 Å². The predicted molar refractivity (Wildman–Crippen MR) is 237 cm³/mol. The molecular formula is C48H82O6S2. The van der Waals surface area contributed by atoms with Crippen LogP contribution in [0.3, 0.4) is 0 Å². The van der Waals surface area contributed by atoms with Crippen molar-refractivity contribution in [2.75, 3.05) is 13.2 Å². The molecule has 2 rings (SSSR count). The van der Waals surface area contributed by atoms with Crippen molar-refractivity contribution in [2.45, 2.75) is 229 Å². The van der Waals surface area contributed by atoms with Crippen LogP contribution in [0, 0.1) is 0 Å². The molecule has 56 heavy (non-hydrogen) atoms. The van der Waals surface area contributed by atoms with Crippen molar-refractivity contribution in [1.82, 2.24) is 0 Å². The Hall–Kier alpha value is -1.74. The van der Waals surface area contributed by atoms with Gasteiger partial charge in [0.2, 0.25) is 0 Å². The zero-order valence-corrected chi connectivity index (χ0v) is 37.6. The van der Waals surface area contributed by atoms with Crippen LogP contribution >= 0.6 is 0 Å². The second-order valence-electron chi connectivity index (χ2n) is 16.2. The Morgan fingerprint density at radius 2 is 0.679 bits per heavy atom. The van der Waals surface area contributed by atoms with Crippen LogP contribution in [-0.4, -0.2) is 30.0 Å². The summed E-state index contributed by atoms with van der Waals surface area (Å²) in [5.41, 5.74) is 0.900. The topological polar surface area (TPSA) is 86.7 Å².